The first-order valence-electron chi connectivity index (χ1n) is 10.8. The number of carbonyl (C=O) groups excluding carboxylic acids is 1. The molecule has 162 valence electrons. The molecule has 31 heavy (non-hydrogen) atoms. The molecule has 3 aromatic rings. The largest absolute Gasteiger partial charge is 0.378 e. The Labute approximate surface area is 184 Å². The summed E-state index contributed by atoms with van der Waals surface area (Å²) in [5.74, 6) is 0.128. The van der Waals surface area contributed by atoms with Gasteiger partial charge in [-0.05, 0) is 38.6 Å². The van der Waals surface area contributed by atoms with Crippen molar-refractivity contribution in [1.82, 2.24) is 19.6 Å². The normalized spacial score (nSPS) is 15.3. The van der Waals surface area contributed by atoms with E-state index < -0.39 is 0 Å². The first kappa shape index (κ1) is 21.3. The molecule has 0 aliphatic carbocycles. The highest BCUT2D eigenvalue weighted by Gasteiger charge is 2.31. The number of para-hydroxylation sites is 1. The van der Waals surface area contributed by atoms with Crippen LogP contribution < -0.4 is 0 Å². The molecule has 1 atom stereocenters. The molecule has 1 amide bonds. The van der Waals surface area contributed by atoms with Crippen LogP contribution in [-0.4, -0.2) is 58.8 Å². The van der Waals surface area contributed by atoms with Crippen molar-refractivity contribution in [2.24, 2.45) is 0 Å². The molecule has 0 spiro atoms. The number of hydrogen-bond donors (Lipinski definition) is 0. The predicted octanol–water partition coefficient (Wildman–Crippen LogP) is 3.52. The van der Waals surface area contributed by atoms with Crippen molar-refractivity contribution in [1.29, 1.82) is 0 Å². The van der Waals surface area contributed by atoms with E-state index in [-0.39, 0.29) is 11.9 Å². The summed E-state index contributed by atoms with van der Waals surface area (Å²) in [5, 5.41) is 4.78. The minimum absolute atomic E-state index is 0.128. The molecule has 0 N–H and O–H groups in total. The molecule has 6 nitrogen and oxygen atoms in total. The number of aryl methyl sites for hydroxylation is 1. The Kier molecular flexibility index (Phi) is 6.49. The minimum Gasteiger partial charge on any atom is -0.378 e. The van der Waals surface area contributed by atoms with Crippen molar-refractivity contribution in [3.63, 3.8) is 0 Å². The summed E-state index contributed by atoms with van der Waals surface area (Å²) in [6, 6.07) is 19.8. The maximum atomic E-state index is 13.5. The Morgan fingerprint density at radius 2 is 1.65 bits per heavy atom. The second-order valence-electron chi connectivity index (χ2n) is 8.06. The van der Waals surface area contributed by atoms with Crippen LogP contribution in [0, 0.1) is 13.8 Å². The summed E-state index contributed by atoms with van der Waals surface area (Å²) in [6.45, 7) is 7.24. The van der Waals surface area contributed by atoms with Crippen LogP contribution in [0.25, 0.3) is 5.69 Å². The quantitative estimate of drug-likeness (QED) is 0.615. The van der Waals surface area contributed by atoms with Gasteiger partial charge in [-0.3, -0.25) is 9.69 Å². The third-order valence-corrected chi connectivity index (χ3v) is 5.96. The van der Waals surface area contributed by atoms with Gasteiger partial charge in [-0.2, -0.15) is 5.10 Å². The second kappa shape index (κ2) is 9.45. The van der Waals surface area contributed by atoms with E-state index in [0.717, 1.165) is 28.2 Å². The molecule has 4 rings (SSSR count). The fraction of sp³-hybridized carbons (Fsp3) is 0.360. The van der Waals surface area contributed by atoms with Crippen molar-refractivity contribution in [3.05, 3.63) is 83.2 Å². The number of aromatic nitrogens is 2. The lowest BCUT2D eigenvalue weighted by Crippen LogP contribution is -2.46. The number of ether oxygens (including phenoxy) is 1. The van der Waals surface area contributed by atoms with Gasteiger partial charge in [-0.1, -0.05) is 48.5 Å². The highest BCUT2D eigenvalue weighted by molar-refractivity contribution is 5.83. The number of hydrogen-bond acceptors (Lipinski definition) is 4. The molecule has 2 aromatic carbocycles. The Bertz CT molecular complexity index is 1010. The van der Waals surface area contributed by atoms with Gasteiger partial charge >= 0.3 is 0 Å². The molecule has 1 fully saturated rings. The van der Waals surface area contributed by atoms with Crippen molar-refractivity contribution in [3.8, 4) is 5.69 Å². The smallest absolute Gasteiger partial charge is 0.244 e. The summed E-state index contributed by atoms with van der Waals surface area (Å²) < 4.78 is 7.44. The maximum absolute atomic E-state index is 13.5. The van der Waals surface area contributed by atoms with Crippen LogP contribution in [0.3, 0.4) is 0 Å². The lowest BCUT2D eigenvalue weighted by Gasteiger charge is -2.34. The van der Waals surface area contributed by atoms with E-state index in [1.165, 1.54) is 0 Å². The van der Waals surface area contributed by atoms with Gasteiger partial charge in [0.25, 0.3) is 0 Å². The van der Waals surface area contributed by atoms with E-state index in [1.807, 2.05) is 72.1 Å². The molecular weight excluding hydrogens is 388 g/mol. The fourth-order valence-electron chi connectivity index (χ4n) is 4.24. The average molecular weight is 419 g/mol. The van der Waals surface area contributed by atoms with Crippen molar-refractivity contribution in [2.45, 2.75) is 26.4 Å². The van der Waals surface area contributed by atoms with Crippen LogP contribution in [0.5, 0.6) is 0 Å². The van der Waals surface area contributed by atoms with Gasteiger partial charge in [0.2, 0.25) is 5.91 Å². The van der Waals surface area contributed by atoms with E-state index in [0.29, 0.717) is 32.8 Å². The van der Waals surface area contributed by atoms with Crippen molar-refractivity contribution >= 4 is 5.91 Å². The first-order chi connectivity index (χ1) is 15.1. The molecule has 1 aliphatic heterocycles. The van der Waals surface area contributed by atoms with Gasteiger partial charge in [0.05, 0.1) is 24.6 Å². The molecule has 1 aromatic heterocycles. The van der Waals surface area contributed by atoms with E-state index in [9.17, 15) is 4.79 Å². The molecule has 1 saturated heterocycles. The van der Waals surface area contributed by atoms with Crippen LogP contribution in [0.15, 0.2) is 60.7 Å². The summed E-state index contributed by atoms with van der Waals surface area (Å²) in [5.41, 5.74) is 5.29. The van der Waals surface area contributed by atoms with Crippen LogP contribution >= 0.6 is 0 Å². The summed E-state index contributed by atoms with van der Waals surface area (Å²) in [7, 11) is 2.02. The minimum atomic E-state index is -0.349. The zero-order chi connectivity index (χ0) is 21.8. The van der Waals surface area contributed by atoms with Crippen LogP contribution in [-0.2, 0) is 16.1 Å². The lowest BCUT2D eigenvalue weighted by molar-refractivity contribution is -0.141. The molecular formula is C25H30N4O2. The number of rotatable bonds is 6. The van der Waals surface area contributed by atoms with Gasteiger partial charge < -0.3 is 9.64 Å². The molecule has 6 heteroatoms. The van der Waals surface area contributed by atoms with E-state index >= 15 is 0 Å². The number of carbonyl (C=O) groups is 1. The molecule has 0 saturated carbocycles. The number of likely N-dealkylation sites (N-methyl/N-ethyl adjacent to an activating group) is 1. The van der Waals surface area contributed by atoms with Crippen molar-refractivity contribution < 1.29 is 9.53 Å². The van der Waals surface area contributed by atoms with Gasteiger partial charge in [-0.25, -0.2) is 4.68 Å². The number of benzene rings is 2. The first-order valence-corrected chi connectivity index (χ1v) is 10.8. The highest BCUT2D eigenvalue weighted by Crippen LogP contribution is 2.27. The lowest BCUT2D eigenvalue weighted by atomic mass is 10.0. The van der Waals surface area contributed by atoms with Crippen LogP contribution in [0.1, 0.15) is 28.6 Å². The van der Waals surface area contributed by atoms with Crippen molar-refractivity contribution in [2.75, 3.05) is 33.4 Å². The van der Waals surface area contributed by atoms with Gasteiger partial charge in [0, 0.05) is 30.9 Å². The van der Waals surface area contributed by atoms with Gasteiger partial charge in [-0.15, -0.1) is 0 Å². The topological polar surface area (TPSA) is 50.6 Å². The Morgan fingerprint density at radius 3 is 2.29 bits per heavy atom. The Morgan fingerprint density at radius 1 is 1.03 bits per heavy atom. The summed E-state index contributed by atoms with van der Waals surface area (Å²) in [4.78, 5) is 17.6. The summed E-state index contributed by atoms with van der Waals surface area (Å²) in [6.07, 6.45) is 0. The zero-order valence-electron chi connectivity index (χ0n) is 18.5. The third kappa shape index (κ3) is 4.55. The van der Waals surface area contributed by atoms with Crippen LogP contribution in [0.4, 0.5) is 0 Å². The number of nitrogens with zero attached hydrogens (tertiary/aromatic N) is 4. The Hall–Kier alpha value is -2.96. The monoisotopic (exact) mass is 418 g/mol. The highest BCUT2D eigenvalue weighted by atomic mass is 16.5. The summed E-state index contributed by atoms with van der Waals surface area (Å²) >= 11 is 0. The Balaban J connectivity index is 1.63. The molecule has 0 bridgehead atoms. The van der Waals surface area contributed by atoms with E-state index in [1.54, 1.807) is 0 Å². The van der Waals surface area contributed by atoms with E-state index in [4.69, 9.17) is 9.84 Å². The predicted molar refractivity (Wildman–Crippen MR) is 121 cm³/mol. The second-order valence-corrected chi connectivity index (χ2v) is 8.06. The van der Waals surface area contributed by atoms with E-state index in [2.05, 4.69) is 24.0 Å². The molecule has 1 unspecified atom stereocenters. The zero-order valence-corrected chi connectivity index (χ0v) is 18.5. The standard InChI is InChI=1S/C25H30N4O2/c1-19-23(20(2)29(26-19)22-12-8-5-9-13-22)18-27(3)24(21-10-6-4-7-11-21)25(30)28-14-16-31-17-15-28/h4-13,24H,14-18H2,1-3H3. The fourth-order valence-corrected chi connectivity index (χ4v) is 4.24. The molecule has 1 aliphatic rings. The van der Waals surface area contributed by atoms with Crippen LogP contribution in [0.2, 0.25) is 0 Å². The maximum Gasteiger partial charge on any atom is 0.244 e. The van der Waals surface area contributed by atoms with Gasteiger partial charge in [0.1, 0.15) is 6.04 Å². The third-order valence-electron chi connectivity index (χ3n) is 5.96. The SMILES string of the molecule is Cc1nn(-c2ccccc2)c(C)c1CN(C)C(C(=O)N1CCOCC1)c1ccccc1. The average Bonchev–Trinajstić information content (AvgIpc) is 3.09. The number of amides is 1. The molecule has 0 radical (unpaired) electrons. The number of morpholine rings is 1. The van der Waals surface area contributed by atoms with Gasteiger partial charge in [0.15, 0.2) is 0 Å². The molecule has 2 heterocycles.